The summed E-state index contributed by atoms with van der Waals surface area (Å²) in [5.41, 5.74) is 1.05. The summed E-state index contributed by atoms with van der Waals surface area (Å²) in [6.07, 6.45) is 0.623. The highest BCUT2D eigenvalue weighted by Crippen LogP contribution is 2.12. The van der Waals surface area contributed by atoms with Crippen LogP contribution in [0.3, 0.4) is 0 Å². The van der Waals surface area contributed by atoms with Crippen LogP contribution in [0.25, 0.3) is 0 Å². The molecule has 1 fully saturated rings. The highest BCUT2D eigenvalue weighted by molar-refractivity contribution is 9.10. The molecule has 92 valence electrons. The zero-order valence-corrected chi connectivity index (χ0v) is 11.4. The van der Waals surface area contributed by atoms with Crippen molar-refractivity contribution in [2.45, 2.75) is 19.4 Å². The molecule has 0 aliphatic carbocycles. The molecule has 0 unspecified atom stereocenters. The van der Waals surface area contributed by atoms with Gasteiger partial charge in [-0.1, -0.05) is 28.1 Å². The maximum absolute atomic E-state index is 12.1. The minimum absolute atomic E-state index is 0.151. The average Bonchev–Trinajstić information content (AvgIpc) is 2.32. The fraction of sp³-hybridized carbons (Fsp3) is 0.462. The summed E-state index contributed by atoms with van der Waals surface area (Å²) in [7, 11) is 0. The number of hydrogen-bond acceptors (Lipinski definition) is 2. The number of nitrogens with zero attached hydrogens (tertiary/aromatic N) is 1. The number of carbonyl (C=O) groups excluding carboxylic acids is 1. The molecule has 2 rings (SSSR count). The lowest BCUT2D eigenvalue weighted by molar-refractivity contribution is -0.137. The van der Waals surface area contributed by atoms with Crippen molar-refractivity contribution in [1.82, 2.24) is 4.90 Å². The summed E-state index contributed by atoms with van der Waals surface area (Å²) in [5.74, 6) is 0.183. The van der Waals surface area contributed by atoms with E-state index < -0.39 is 0 Å². The molecule has 1 saturated heterocycles. The molecule has 0 aromatic heterocycles. The van der Waals surface area contributed by atoms with Crippen molar-refractivity contribution in [3.63, 3.8) is 0 Å². The summed E-state index contributed by atoms with van der Waals surface area (Å²) in [6.45, 7) is 4.06. The molecule has 1 aliphatic heterocycles. The monoisotopic (exact) mass is 297 g/mol. The number of hydrogen-bond donors (Lipinski definition) is 0. The molecule has 1 aromatic carbocycles. The third-order valence-corrected chi connectivity index (χ3v) is 3.39. The number of halogens is 1. The molecule has 0 saturated carbocycles. The molecular weight excluding hydrogens is 282 g/mol. The van der Waals surface area contributed by atoms with Gasteiger partial charge in [0.2, 0.25) is 5.91 Å². The Hall–Kier alpha value is -0.870. The van der Waals surface area contributed by atoms with Gasteiger partial charge in [0.15, 0.2) is 0 Å². The molecule has 1 atom stereocenters. The summed E-state index contributed by atoms with van der Waals surface area (Å²) >= 11 is 3.38. The van der Waals surface area contributed by atoms with Crippen molar-refractivity contribution >= 4 is 21.8 Å². The van der Waals surface area contributed by atoms with E-state index in [9.17, 15) is 4.79 Å². The first-order valence-corrected chi connectivity index (χ1v) is 6.58. The molecule has 0 N–H and O–H groups in total. The van der Waals surface area contributed by atoms with Crippen molar-refractivity contribution in [2.24, 2.45) is 0 Å². The minimum atomic E-state index is 0.151. The van der Waals surface area contributed by atoms with Gasteiger partial charge in [0, 0.05) is 17.6 Å². The van der Waals surface area contributed by atoms with Crippen molar-refractivity contribution in [1.29, 1.82) is 0 Å². The summed E-state index contributed by atoms with van der Waals surface area (Å²) in [6, 6.07) is 7.88. The van der Waals surface area contributed by atoms with E-state index in [-0.39, 0.29) is 12.0 Å². The van der Waals surface area contributed by atoms with Crippen LogP contribution in [0.5, 0.6) is 0 Å². The van der Waals surface area contributed by atoms with Crippen LogP contribution in [0.1, 0.15) is 12.5 Å². The Balaban J connectivity index is 1.94. The van der Waals surface area contributed by atoms with Crippen molar-refractivity contribution in [3.8, 4) is 0 Å². The second kappa shape index (κ2) is 5.65. The number of amides is 1. The zero-order valence-electron chi connectivity index (χ0n) is 9.86. The molecule has 0 spiro atoms. The standard InChI is InChI=1S/C13H16BrNO2/c1-10-9-15(6-7-17-10)13(16)8-11-2-4-12(14)5-3-11/h2-5,10H,6-9H2,1H3/t10-/m0/s1. The molecule has 0 radical (unpaired) electrons. The van der Waals surface area contributed by atoms with Crippen LogP contribution in [-0.4, -0.2) is 36.6 Å². The van der Waals surface area contributed by atoms with E-state index in [4.69, 9.17) is 4.74 Å². The molecule has 1 heterocycles. The van der Waals surface area contributed by atoms with Crippen LogP contribution in [0.2, 0.25) is 0 Å². The number of carbonyl (C=O) groups is 1. The van der Waals surface area contributed by atoms with Gasteiger partial charge in [0.05, 0.1) is 19.1 Å². The molecule has 4 heteroatoms. The molecule has 17 heavy (non-hydrogen) atoms. The van der Waals surface area contributed by atoms with Gasteiger partial charge in [0.25, 0.3) is 0 Å². The molecule has 3 nitrogen and oxygen atoms in total. The first-order chi connectivity index (χ1) is 8.15. The Kier molecular flexibility index (Phi) is 4.18. The lowest BCUT2D eigenvalue weighted by Crippen LogP contribution is -2.45. The first-order valence-electron chi connectivity index (χ1n) is 5.79. The minimum Gasteiger partial charge on any atom is -0.375 e. The average molecular weight is 298 g/mol. The predicted octanol–water partition coefficient (Wildman–Crippen LogP) is 2.24. The van der Waals surface area contributed by atoms with Crippen LogP contribution in [0, 0.1) is 0 Å². The molecule has 0 bridgehead atoms. The Labute approximate surface area is 110 Å². The van der Waals surface area contributed by atoms with Gasteiger partial charge in [0.1, 0.15) is 0 Å². The van der Waals surface area contributed by atoms with Crippen LogP contribution < -0.4 is 0 Å². The normalized spacial score (nSPS) is 20.4. The maximum atomic E-state index is 12.1. The first kappa shape index (κ1) is 12.6. The van der Waals surface area contributed by atoms with E-state index in [1.807, 2.05) is 36.1 Å². The van der Waals surface area contributed by atoms with Crippen LogP contribution in [0.4, 0.5) is 0 Å². The third kappa shape index (κ3) is 3.54. The quantitative estimate of drug-likeness (QED) is 0.838. The van der Waals surface area contributed by atoms with Gasteiger partial charge in [-0.3, -0.25) is 4.79 Å². The summed E-state index contributed by atoms with van der Waals surface area (Å²) in [4.78, 5) is 13.9. The van der Waals surface area contributed by atoms with Gasteiger partial charge < -0.3 is 9.64 Å². The largest absolute Gasteiger partial charge is 0.375 e. The zero-order chi connectivity index (χ0) is 12.3. The highest BCUT2D eigenvalue weighted by atomic mass is 79.9. The molecule has 1 aromatic rings. The SMILES string of the molecule is C[C@H]1CN(C(=O)Cc2ccc(Br)cc2)CCO1. The van der Waals surface area contributed by atoms with E-state index in [0.29, 0.717) is 26.1 Å². The Morgan fingerprint density at radius 3 is 2.82 bits per heavy atom. The topological polar surface area (TPSA) is 29.5 Å². The predicted molar refractivity (Wildman–Crippen MR) is 69.8 cm³/mol. The number of rotatable bonds is 2. The Morgan fingerprint density at radius 2 is 2.18 bits per heavy atom. The van der Waals surface area contributed by atoms with E-state index in [2.05, 4.69) is 15.9 Å². The van der Waals surface area contributed by atoms with Crippen molar-refractivity contribution in [3.05, 3.63) is 34.3 Å². The highest BCUT2D eigenvalue weighted by Gasteiger charge is 2.21. The van der Waals surface area contributed by atoms with E-state index >= 15 is 0 Å². The van der Waals surface area contributed by atoms with Crippen LogP contribution >= 0.6 is 15.9 Å². The van der Waals surface area contributed by atoms with E-state index in [1.54, 1.807) is 0 Å². The van der Waals surface area contributed by atoms with Gasteiger partial charge >= 0.3 is 0 Å². The van der Waals surface area contributed by atoms with Crippen LogP contribution in [0.15, 0.2) is 28.7 Å². The number of benzene rings is 1. The summed E-state index contributed by atoms with van der Waals surface area (Å²) in [5, 5.41) is 0. The Bertz CT molecular complexity index is 391. The maximum Gasteiger partial charge on any atom is 0.227 e. The lowest BCUT2D eigenvalue weighted by Gasteiger charge is -2.31. The lowest BCUT2D eigenvalue weighted by atomic mass is 10.1. The third-order valence-electron chi connectivity index (χ3n) is 2.86. The van der Waals surface area contributed by atoms with Gasteiger partial charge in [-0.05, 0) is 24.6 Å². The number of ether oxygens (including phenoxy) is 1. The van der Waals surface area contributed by atoms with Gasteiger partial charge in [-0.15, -0.1) is 0 Å². The van der Waals surface area contributed by atoms with Crippen molar-refractivity contribution < 1.29 is 9.53 Å². The summed E-state index contributed by atoms with van der Waals surface area (Å²) < 4.78 is 6.46. The fourth-order valence-electron chi connectivity index (χ4n) is 1.93. The van der Waals surface area contributed by atoms with Crippen LogP contribution in [-0.2, 0) is 16.0 Å². The van der Waals surface area contributed by atoms with Crippen molar-refractivity contribution in [2.75, 3.05) is 19.7 Å². The molecule has 1 aliphatic rings. The second-order valence-electron chi connectivity index (χ2n) is 4.32. The smallest absolute Gasteiger partial charge is 0.227 e. The Morgan fingerprint density at radius 1 is 1.47 bits per heavy atom. The molecule has 1 amide bonds. The van der Waals surface area contributed by atoms with Gasteiger partial charge in [-0.25, -0.2) is 0 Å². The molecular formula is C13H16BrNO2. The second-order valence-corrected chi connectivity index (χ2v) is 5.24. The van der Waals surface area contributed by atoms with E-state index in [1.165, 1.54) is 0 Å². The van der Waals surface area contributed by atoms with E-state index in [0.717, 1.165) is 10.0 Å². The van der Waals surface area contributed by atoms with Gasteiger partial charge in [-0.2, -0.15) is 0 Å². The fourth-order valence-corrected chi connectivity index (χ4v) is 2.20. The number of morpholine rings is 1.